The number of nitrogens with two attached hydrogens (primary N) is 2. The largest absolute Gasteiger partial charge is 0.382 e. The van der Waals surface area contributed by atoms with Crippen molar-refractivity contribution in [2.24, 2.45) is 5.73 Å². The second-order valence-electron chi connectivity index (χ2n) is 5.34. The Balaban J connectivity index is 2.08. The van der Waals surface area contributed by atoms with Crippen LogP contribution in [0.15, 0.2) is 0 Å². The zero-order valence-corrected chi connectivity index (χ0v) is 12.9. The molecule has 0 saturated carbocycles. The Hall–Kier alpha value is -1.78. The summed E-state index contributed by atoms with van der Waals surface area (Å²) in [5.41, 5.74) is 11.8. The molecule has 0 aliphatic carbocycles. The summed E-state index contributed by atoms with van der Waals surface area (Å²) in [6.45, 7) is 3.51. The lowest BCUT2D eigenvalue weighted by Gasteiger charge is -2.30. The number of nitrogens with one attached hydrogen (secondary N) is 1. The second-order valence-corrected chi connectivity index (χ2v) is 6.32. The molecule has 1 aromatic heterocycles. The summed E-state index contributed by atoms with van der Waals surface area (Å²) in [5, 5.41) is 3.59. The minimum atomic E-state index is -0.222. The van der Waals surface area contributed by atoms with Gasteiger partial charge in [-0.1, -0.05) is 11.3 Å². The molecule has 1 fully saturated rings. The molecule has 114 valence electrons. The van der Waals surface area contributed by atoms with Crippen molar-refractivity contribution in [1.29, 1.82) is 0 Å². The van der Waals surface area contributed by atoms with Crippen LogP contribution >= 0.6 is 11.3 Å². The van der Waals surface area contributed by atoms with Crippen molar-refractivity contribution in [3.63, 3.8) is 0 Å². The molecule has 2 atom stereocenters. The van der Waals surface area contributed by atoms with Gasteiger partial charge in [0.2, 0.25) is 0 Å². The van der Waals surface area contributed by atoms with Crippen molar-refractivity contribution in [1.82, 2.24) is 10.3 Å². The first-order valence-electron chi connectivity index (χ1n) is 7.02. The van der Waals surface area contributed by atoms with Crippen molar-refractivity contribution in [3.8, 4) is 12.3 Å². The highest BCUT2D eigenvalue weighted by Gasteiger charge is 2.23. The molecule has 1 saturated heterocycles. The van der Waals surface area contributed by atoms with Crippen molar-refractivity contribution < 1.29 is 4.79 Å². The van der Waals surface area contributed by atoms with Crippen LogP contribution < -0.4 is 21.7 Å². The fraction of sp³-hybridized carbons (Fsp3) is 0.571. The van der Waals surface area contributed by atoms with E-state index in [-0.39, 0.29) is 23.8 Å². The van der Waals surface area contributed by atoms with E-state index >= 15 is 0 Å². The normalized spacial score (nSPS) is 19.9. The van der Waals surface area contributed by atoms with Crippen molar-refractivity contribution in [3.05, 3.63) is 4.88 Å². The second kappa shape index (κ2) is 6.78. The Kier molecular flexibility index (Phi) is 5.04. The molecule has 0 bridgehead atoms. The fourth-order valence-corrected chi connectivity index (χ4v) is 3.24. The Bertz CT molecular complexity index is 550. The van der Waals surface area contributed by atoms with Gasteiger partial charge in [0, 0.05) is 31.6 Å². The average molecular weight is 307 g/mol. The van der Waals surface area contributed by atoms with Crippen LogP contribution in [0.3, 0.4) is 0 Å². The molecule has 2 rings (SSSR count). The van der Waals surface area contributed by atoms with E-state index < -0.39 is 0 Å². The molecule has 0 aromatic carbocycles. The number of amides is 1. The van der Waals surface area contributed by atoms with Crippen LogP contribution in [0, 0.1) is 12.3 Å². The van der Waals surface area contributed by atoms with Crippen LogP contribution in [0.4, 0.5) is 10.9 Å². The summed E-state index contributed by atoms with van der Waals surface area (Å²) in [5.74, 6) is 2.56. The third-order valence-electron chi connectivity index (χ3n) is 3.38. The number of nitrogens with zero attached hydrogens (tertiary/aromatic N) is 2. The van der Waals surface area contributed by atoms with Gasteiger partial charge in [-0.25, -0.2) is 4.98 Å². The van der Waals surface area contributed by atoms with Crippen molar-refractivity contribution in [2.45, 2.75) is 38.3 Å². The molecule has 1 aliphatic heterocycles. The lowest BCUT2D eigenvalue weighted by Crippen LogP contribution is -2.42. The summed E-state index contributed by atoms with van der Waals surface area (Å²) in [4.78, 5) is 19.0. The van der Waals surface area contributed by atoms with Crippen LogP contribution in [-0.4, -0.2) is 36.1 Å². The number of carbonyl (C=O) groups is 1. The topological polar surface area (TPSA) is 97.3 Å². The fourth-order valence-electron chi connectivity index (χ4n) is 2.32. The number of hydrogen-bond acceptors (Lipinski definition) is 6. The van der Waals surface area contributed by atoms with Gasteiger partial charge >= 0.3 is 0 Å². The lowest BCUT2D eigenvalue weighted by atomic mass is 10.1. The number of hydrogen-bond donors (Lipinski definition) is 3. The summed E-state index contributed by atoms with van der Waals surface area (Å²) in [6, 6.07) is 0.0626. The van der Waals surface area contributed by atoms with Crippen LogP contribution in [-0.2, 0) is 0 Å². The molecule has 7 heteroatoms. The van der Waals surface area contributed by atoms with Crippen molar-refractivity contribution >= 4 is 28.2 Å². The van der Waals surface area contributed by atoms with Crippen LogP contribution in [0.2, 0.25) is 0 Å². The molecule has 0 radical (unpaired) electrons. The third-order valence-corrected chi connectivity index (χ3v) is 4.51. The highest BCUT2D eigenvalue weighted by Crippen LogP contribution is 2.29. The number of carbonyl (C=O) groups excluding carboxylic acids is 1. The monoisotopic (exact) mass is 307 g/mol. The number of terminal acetylenes is 1. The Morgan fingerprint density at radius 3 is 3.14 bits per heavy atom. The van der Waals surface area contributed by atoms with Gasteiger partial charge in [0.1, 0.15) is 10.7 Å². The maximum atomic E-state index is 12.2. The summed E-state index contributed by atoms with van der Waals surface area (Å²) < 4.78 is 0. The van der Waals surface area contributed by atoms with E-state index in [1.54, 1.807) is 0 Å². The number of thiazole rings is 1. The first-order valence-corrected chi connectivity index (χ1v) is 7.84. The number of piperidine rings is 1. The van der Waals surface area contributed by atoms with Crippen LogP contribution in [0.25, 0.3) is 0 Å². The van der Waals surface area contributed by atoms with Crippen molar-refractivity contribution in [2.75, 3.05) is 23.7 Å². The minimum absolute atomic E-state index is 0.0872. The number of anilines is 2. The molecule has 6 nitrogen and oxygen atoms in total. The van der Waals surface area contributed by atoms with Gasteiger partial charge in [0.25, 0.3) is 5.91 Å². The average Bonchev–Trinajstić information content (AvgIpc) is 2.81. The van der Waals surface area contributed by atoms with Gasteiger partial charge in [-0.05, 0) is 19.8 Å². The highest BCUT2D eigenvalue weighted by molar-refractivity contribution is 7.18. The summed E-state index contributed by atoms with van der Waals surface area (Å²) in [6.07, 6.45) is 7.77. The third kappa shape index (κ3) is 3.86. The molecular formula is C14H21N5OS. The van der Waals surface area contributed by atoms with Gasteiger partial charge in [-0.3, -0.25) is 4.79 Å². The molecule has 2 heterocycles. The van der Waals surface area contributed by atoms with Crippen LogP contribution in [0.1, 0.15) is 35.9 Å². The molecule has 1 aromatic rings. The van der Waals surface area contributed by atoms with E-state index in [9.17, 15) is 4.79 Å². The minimum Gasteiger partial charge on any atom is -0.382 e. The highest BCUT2D eigenvalue weighted by atomic mass is 32.1. The van der Waals surface area contributed by atoms with Gasteiger partial charge in [-0.2, -0.15) is 0 Å². The van der Waals surface area contributed by atoms with E-state index in [2.05, 4.69) is 21.1 Å². The van der Waals surface area contributed by atoms with Gasteiger partial charge in [0.15, 0.2) is 5.13 Å². The Morgan fingerprint density at radius 1 is 1.71 bits per heavy atom. The lowest BCUT2D eigenvalue weighted by molar-refractivity contribution is 0.0945. The van der Waals surface area contributed by atoms with Gasteiger partial charge in [0.05, 0.1) is 0 Å². The molecule has 21 heavy (non-hydrogen) atoms. The Labute approximate surface area is 128 Å². The molecule has 5 N–H and O–H groups in total. The molecular weight excluding hydrogens is 286 g/mol. The molecule has 1 amide bonds. The van der Waals surface area contributed by atoms with E-state index in [1.807, 2.05) is 6.92 Å². The number of nitrogen functional groups attached to an aromatic ring is 1. The SMILES string of the molecule is C#CCC(C)NC(=O)c1sc(N2CCCC(N)C2)nc1N. The number of rotatable bonds is 4. The van der Waals surface area contributed by atoms with E-state index in [0.29, 0.717) is 11.3 Å². The standard InChI is InChI=1S/C14H21N5OS/c1-3-5-9(2)17-13(20)11-12(16)18-14(21-11)19-7-4-6-10(15)8-19/h1,9-10H,4-8,15-16H2,2H3,(H,17,20). The first kappa shape index (κ1) is 15.6. The first-order chi connectivity index (χ1) is 10.0. The molecule has 1 aliphatic rings. The van der Waals surface area contributed by atoms with E-state index in [4.69, 9.17) is 17.9 Å². The molecule has 2 unspecified atom stereocenters. The summed E-state index contributed by atoms with van der Waals surface area (Å²) >= 11 is 1.31. The zero-order valence-electron chi connectivity index (χ0n) is 12.1. The smallest absolute Gasteiger partial charge is 0.265 e. The zero-order chi connectivity index (χ0) is 15.4. The summed E-state index contributed by atoms with van der Waals surface area (Å²) in [7, 11) is 0. The predicted molar refractivity (Wildman–Crippen MR) is 86.3 cm³/mol. The maximum Gasteiger partial charge on any atom is 0.265 e. The maximum absolute atomic E-state index is 12.2. The van der Waals surface area contributed by atoms with E-state index in [0.717, 1.165) is 31.1 Å². The molecule has 0 spiro atoms. The Morgan fingerprint density at radius 2 is 2.48 bits per heavy atom. The van der Waals surface area contributed by atoms with E-state index in [1.165, 1.54) is 11.3 Å². The quantitative estimate of drug-likeness (QED) is 0.715. The number of aromatic nitrogens is 1. The predicted octanol–water partition coefficient (Wildman–Crippen LogP) is 0.794. The van der Waals surface area contributed by atoms with Gasteiger partial charge < -0.3 is 21.7 Å². The van der Waals surface area contributed by atoms with Gasteiger partial charge in [-0.15, -0.1) is 12.3 Å². The van der Waals surface area contributed by atoms with Crippen LogP contribution in [0.5, 0.6) is 0 Å².